The zero-order valence-corrected chi connectivity index (χ0v) is 10.9. The van der Waals surface area contributed by atoms with Crippen molar-refractivity contribution in [1.29, 1.82) is 4.78 Å². The number of carboxylic acids is 1. The first-order valence-electron chi connectivity index (χ1n) is 5.15. The van der Waals surface area contributed by atoms with Crippen molar-refractivity contribution in [3.05, 3.63) is 22.4 Å². The first-order chi connectivity index (χ1) is 7.91. The van der Waals surface area contributed by atoms with E-state index >= 15 is 0 Å². The fourth-order valence-electron chi connectivity index (χ4n) is 1.26. The molecule has 5 nitrogen and oxygen atoms in total. The molecular weight excluding hydrogens is 260 g/mol. The summed E-state index contributed by atoms with van der Waals surface area (Å²) < 4.78 is 19.5. The van der Waals surface area contributed by atoms with E-state index in [9.17, 15) is 9.00 Å². The molecule has 1 aromatic heterocycles. The highest BCUT2D eigenvalue weighted by molar-refractivity contribution is 7.92. The molecule has 0 aliphatic carbocycles. The quantitative estimate of drug-likeness (QED) is 0.694. The largest absolute Gasteiger partial charge is 0.480 e. The van der Waals surface area contributed by atoms with Gasteiger partial charge in [0.05, 0.1) is 0 Å². The van der Waals surface area contributed by atoms with Crippen molar-refractivity contribution >= 4 is 27.0 Å². The summed E-state index contributed by atoms with van der Waals surface area (Å²) in [6.07, 6.45) is 0.685. The van der Waals surface area contributed by atoms with E-state index in [4.69, 9.17) is 15.6 Å². The van der Waals surface area contributed by atoms with E-state index in [0.717, 1.165) is 4.88 Å². The van der Waals surface area contributed by atoms with Gasteiger partial charge in [-0.1, -0.05) is 6.07 Å². The van der Waals surface area contributed by atoms with Crippen LogP contribution in [0.3, 0.4) is 0 Å². The summed E-state index contributed by atoms with van der Waals surface area (Å²) in [5.41, 5.74) is 5.31. The Labute approximate surface area is 105 Å². The molecule has 0 saturated heterocycles. The molecule has 7 heteroatoms. The van der Waals surface area contributed by atoms with E-state index in [1.54, 1.807) is 11.3 Å². The van der Waals surface area contributed by atoms with Gasteiger partial charge < -0.3 is 10.8 Å². The topological polar surface area (TPSA) is 104 Å². The summed E-state index contributed by atoms with van der Waals surface area (Å²) in [7, 11) is -2.72. The van der Waals surface area contributed by atoms with Crippen molar-refractivity contribution in [3.8, 4) is 0 Å². The SMILES string of the molecule is N=S(=O)(CCc1cccs1)CC[C@H](N)C(=O)O. The minimum Gasteiger partial charge on any atom is -0.480 e. The Kier molecular flexibility index (Phi) is 5.10. The van der Waals surface area contributed by atoms with Crippen LogP contribution in [0, 0.1) is 4.78 Å². The summed E-state index contributed by atoms with van der Waals surface area (Å²) in [5.74, 6) is -0.801. The lowest BCUT2D eigenvalue weighted by Gasteiger charge is -2.09. The molecule has 0 aliphatic heterocycles. The Morgan fingerprint density at radius 3 is 2.82 bits per heavy atom. The van der Waals surface area contributed by atoms with Gasteiger partial charge in [-0.3, -0.25) is 9.57 Å². The van der Waals surface area contributed by atoms with E-state index in [-0.39, 0.29) is 17.9 Å². The number of carbonyl (C=O) groups is 1. The fourth-order valence-corrected chi connectivity index (χ4v) is 3.49. The Balaban J connectivity index is 2.39. The van der Waals surface area contributed by atoms with Gasteiger partial charge in [0.15, 0.2) is 0 Å². The van der Waals surface area contributed by atoms with Gasteiger partial charge in [-0.15, -0.1) is 11.3 Å². The molecule has 1 heterocycles. The van der Waals surface area contributed by atoms with Crippen molar-refractivity contribution in [2.24, 2.45) is 5.73 Å². The molecule has 1 unspecified atom stereocenters. The highest BCUT2D eigenvalue weighted by Gasteiger charge is 2.15. The average molecular weight is 276 g/mol. The molecule has 1 rings (SSSR count). The van der Waals surface area contributed by atoms with Gasteiger partial charge in [0.1, 0.15) is 6.04 Å². The molecule has 0 amide bonds. The van der Waals surface area contributed by atoms with Crippen molar-refractivity contribution in [2.45, 2.75) is 18.9 Å². The molecular formula is C10H16N2O3S2. The molecule has 0 radical (unpaired) electrons. The number of rotatable bonds is 7. The second-order valence-electron chi connectivity index (χ2n) is 3.78. The van der Waals surface area contributed by atoms with Crippen LogP contribution in [0.1, 0.15) is 11.3 Å². The number of hydrogen-bond donors (Lipinski definition) is 3. The molecule has 0 saturated carbocycles. The molecule has 0 spiro atoms. The van der Waals surface area contributed by atoms with Crippen LogP contribution < -0.4 is 5.73 Å². The monoisotopic (exact) mass is 276 g/mol. The zero-order valence-electron chi connectivity index (χ0n) is 9.30. The van der Waals surface area contributed by atoms with Crippen LogP contribution in [0.2, 0.25) is 0 Å². The fraction of sp³-hybridized carbons (Fsp3) is 0.500. The van der Waals surface area contributed by atoms with Gasteiger partial charge in [-0.05, 0) is 24.3 Å². The molecule has 0 aromatic carbocycles. The van der Waals surface area contributed by atoms with Crippen LogP contribution in [-0.4, -0.2) is 32.8 Å². The summed E-state index contributed by atoms with van der Waals surface area (Å²) in [5, 5.41) is 10.5. The van der Waals surface area contributed by atoms with E-state index < -0.39 is 21.7 Å². The summed E-state index contributed by atoms with van der Waals surface area (Å²) in [6.45, 7) is 0. The van der Waals surface area contributed by atoms with Gasteiger partial charge in [-0.2, -0.15) is 0 Å². The average Bonchev–Trinajstić information content (AvgIpc) is 2.76. The number of aliphatic carboxylic acids is 1. The first kappa shape index (κ1) is 14.1. The number of nitrogens with two attached hydrogens (primary N) is 1. The molecule has 2 atom stereocenters. The Hall–Kier alpha value is -0.920. The van der Waals surface area contributed by atoms with Crippen LogP contribution >= 0.6 is 11.3 Å². The van der Waals surface area contributed by atoms with Gasteiger partial charge >= 0.3 is 5.97 Å². The second kappa shape index (κ2) is 6.13. The highest BCUT2D eigenvalue weighted by Crippen LogP contribution is 2.11. The van der Waals surface area contributed by atoms with Crippen LogP contribution in [0.25, 0.3) is 0 Å². The van der Waals surface area contributed by atoms with Crippen molar-refractivity contribution in [1.82, 2.24) is 0 Å². The molecule has 96 valence electrons. The van der Waals surface area contributed by atoms with Crippen molar-refractivity contribution in [2.75, 3.05) is 11.5 Å². The standard InChI is InChI=1S/C10H16N2O3S2/c11-9(10(13)14)4-7-17(12,15)6-3-8-2-1-5-16-8/h1-2,5,9,12H,3-4,6-7,11H2,(H,13,14)/t9-,17?/m0/s1. The maximum absolute atomic E-state index is 11.8. The number of nitrogens with one attached hydrogen (secondary N) is 1. The van der Waals surface area contributed by atoms with Crippen LogP contribution in [0.4, 0.5) is 0 Å². The van der Waals surface area contributed by atoms with Crippen LogP contribution in [0.5, 0.6) is 0 Å². The van der Waals surface area contributed by atoms with E-state index in [2.05, 4.69) is 0 Å². The van der Waals surface area contributed by atoms with E-state index in [0.29, 0.717) is 6.42 Å². The molecule has 4 N–H and O–H groups in total. The maximum Gasteiger partial charge on any atom is 0.320 e. The third-order valence-corrected chi connectivity index (χ3v) is 5.03. The predicted molar refractivity (Wildman–Crippen MR) is 68.8 cm³/mol. The van der Waals surface area contributed by atoms with Gasteiger partial charge in [0.2, 0.25) is 0 Å². The molecule has 1 aromatic rings. The summed E-state index contributed by atoms with van der Waals surface area (Å²) >= 11 is 1.57. The smallest absolute Gasteiger partial charge is 0.320 e. The normalized spacial score (nSPS) is 16.3. The number of hydrogen-bond acceptors (Lipinski definition) is 5. The first-order valence-corrected chi connectivity index (χ1v) is 7.93. The number of thiophene rings is 1. The summed E-state index contributed by atoms with van der Waals surface area (Å²) in [4.78, 5) is 11.6. The minimum atomic E-state index is -2.72. The molecule has 0 aliphatic rings. The molecule has 0 bridgehead atoms. The molecule has 0 fully saturated rings. The Morgan fingerprint density at radius 2 is 2.29 bits per heavy atom. The van der Waals surface area contributed by atoms with E-state index in [1.165, 1.54) is 0 Å². The van der Waals surface area contributed by atoms with Crippen LogP contribution in [0.15, 0.2) is 17.5 Å². The third-order valence-electron chi connectivity index (χ3n) is 2.33. The Morgan fingerprint density at radius 1 is 1.59 bits per heavy atom. The summed E-state index contributed by atoms with van der Waals surface area (Å²) in [6, 6.07) is 2.82. The van der Waals surface area contributed by atoms with Crippen LogP contribution in [-0.2, 0) is 20.9 Å². The van der Waals surface area contributed by atoms with Gasteiger partial charge in [0, 0.05) is 26.1 Å². The zero-order chi connectivity index (χ0) is 12.9. The maximum atomic E-state index is 11.8. The lowest BCUT2D eigenvalue weighted by molar-refractivity contribution is -0.138. The third kappa shape index (κ3) is 5.29. The lowest BCUT2D eigenvalue weighted by Crippen LogP contribution is -2.32. The lowest BCUT2D eigenvalue weighted by atomic mass is 10.2. The highest BCUT2D eigenvalue weighted by atomic mass is 32.2. The van der Waals surface area contributed by atoms with Crippen molar-refractivity contribution < 1.29 is 14.1 Å². The number of carboxylic acid groups (broad SMARTS) is 1. The van der Waals surface area contributed by atoms with Crippen molar-refractivity contribution in [3.63, 3.8) is 0 Å². The number of aryl methyl sites for hydroxylation is 1. The van der Waals surface area contributed by atoms with Gasteiger partial charge in [0.25, 0.3) is 0 Å². The second-order valence-corrected chi connectivity index (χ2v) is 7.26. The Bertz CT molecular complexity index is 454. The minimum absolute atomic E-state index is 0.0475. The van der Waals surface area contributed by atoms with E-state index in [1.807, 2.05) is 17.5 Å². The predicted octanol–water partition coefficient (Wildman–Crippen LogP) is 1.14. The molecule has 17 heavy (non-hydrogen) atoms. The van der Waals surface area contributed by atoms with Gasteiger partial charge in [-0.25, -0.2) is 4.21 Å².